The predicted octanol–water partition coefficient (Wildman–Crippen LogP) is 3.96. The van der Waals surface area contributed by atoms with Crippen LogP contribution in [0.3, 0.4) is 0 Å². The first kappa shape index (κ1) is 28.4. The van der Waals surface area contributed by atoms with E-state index in [2.05, 4.69) is 20.0 Å². The van der Waals surface area contributed by atoms with Gasteiger partial charge in [0.1, 0.15) is 12.6 Å². The van der Waals surface area contributed by atoms with Gasteiger partial charge in [0.15, 0.2) is 0 Å². The maximum absolute atomic E-state index is 12.7. The zero-order chi connectivity index (χ0) is 27.8. The van der Waals surface area contributed by atoms with Crippen LogP contribution in [0.5, 0.6) is 0 Å². The number of nitrogens with one attached hydrogen (secondary N) is 1. The highest BCUT2D eigenvalue weighted by Crippen LogP contribution is 2.44. The quantitative estimate of drug-likeness (QED) is 0.284. The highest BCUT2D eigenvalue weighted by molar-refractivity contribution is 5.83. The van der Waals surface area contributed by atoms with Gasteiger partial charge in [0.25, 0.3) is 0 Å². The molecule has 2 aromatic carbocycles. The number of hydrogen-bond donors (Lipinski definition) is 1. The number of unbranched alkanes of at least 4 members (excludes halogenated alkanes) is 1. The molecule has 2 aliphatic rings. The first-order chi connectivity index (χ1) is 18.7. The molecule has 0 unspecified atom stereocenters. The van der Waals surface area contributed by atoms with E-state index < -0.39 is 30.2 Å². The summed E-state index contributed by atoms with van der Waals surface area (Å²) in [6, 6.07) is 14.1. The minimum absolute atomic E-state index is 0.0261. The van der Waals surface area contributed by atoms with Gasteiger partial charge in [0, 0.05) is 19.0 Å². The number of nitrogens with zero attached hydrogens (tertiary/aromatic N) is 1. The van der Waals surface area contributed by atoms with E-state index in [9.17, 15) is 27.6 Å². The standard InChI is InChI=1S/C27H29F3N2O7/c28-27(29,30)25(34)39-38-24(33)23(11-5-6-12-32-13-15-36-16-14-32)31-26(35)37-17-22-20-9-3-1-7-18(20)19-8-2-4-10-21(19)22/h1-4,7-10,22-23H,5-6,11-17H2,(H,31,35)/t23-/m0/s1. The van der Waals surface area contributed by atoms with Gasteiger partial charge in [-0.15, -0.1) is 0 Å². The van der Waals surface area contributed by atoms with Gasteiger partial charge in [-0.25, -0.2) is 24.2 Å². The van der Waals surface area contributed by atoms with Crippen molar-refractivity contribution in [2.45, 2.75) is 37.4 Å². The third-order valence-corrected chi connectivity index (χ3v) is 6.67. The molecule has 39 heavy (non-hydrogen) atoms. The average molecular weight is 551 g/mol. The number of fused-ring (bicyclic) bond motifs is 3. The van der Waals surface area contributed by atoms with Gasteiger partial charge in [-0.05, 0) is 48.1 Å². The number of amides is 1. The summed E-state index contributed by atoms with van der Waals surface area (Å²) in [5.74, 6) is -4.25. The predicted molar refractivity (Wildman–Crippen MR) is 131 cm³/mol. The van der Waals surface area contributed by atoms with E-state index in [4.69, 9.17) is 9.47 Å². The summed E-state index contributed by atoms with van der Waals surface area (Å²) < 4.78 is 48.0. The fourth-order valence-corrected chi connectivity index (χ4v) is 4.72. The molecule has 0 aromatic heterocycles. The Bertz CT molecular complexity index is 1120. The Morgan fingerprint density at radius 1 is 0.949 bits per heavy atom. The fraction of sp³-hybridized carbons (Fsp3) is 0.444. The first-order valence-electron chi connectivity index (χ1n) is 12.6. The topological polar surface area (TPSA) is 103 Å². The van der Waals surface area contributed by atoms with E-state index in [1.165, 1.54) is 0 Å². The molecule has 0 spiro atoms. The molecule has 1 N–H and O–H groups in total. The van der Waals surface area contributed by atoms with E-state index >= 15 is 0 Å². The van der Waals surface area contributed by atoms with Crippen molar-refractivity contribution in [2.75, 3.05) is 39.5 Å². The summed E-state index contributed by atoms with van der Waals surface area (Å²) in [6.07, 6.45) is -5.16. The molecule has 0 saturated carbocycles. The number of halogens is 3. The van der Waals surface area contributed by atoms with Gasteiger partial charge in [-0.1, -0.05) is 48.5 Å². The van der Waals surface area contributed by atoms with Crippen LogP contribution in [0.25, 0.3) is 11.1 Å². The van der Waals surface area contributed by atoms with Crippen LogP contribution in [-0.4, -0.2) is 74.6 Å². The Labute approximate surface area is 223 Å². The first-order valence-corrected chi connectivity index (χ1v) is 12.6. The SMILES string of the molecule is O=C(N[C@@H](CCCCN1CCOCC1)C(=O)OOC(=O)C(F)(F)F)OCC1c2ccccc2-c2ccccc21. The van der Waals surface area contributed by atoms with Gasteiger partial charge in [-0.2, -0.15) is 13.2 Å². The number of rotatable bonds is 9. The molecular formula is C27H29F3N2O7. The lowest BCUT2D eigenvalue weighted by molar-refractivity contribution is -0.286. The average Bonchev–Trinajstić information content (AvgIpc) is 3.25. The Morgan fingerprint density at radius 3 is 2.18 bits per heavy atom. The number of alkyl carbamates (subject to hydrolysis) is 1. The molecule has 1 fully saturated rings. The molecule has 1 aliphatic heterocycles. The van der Waals surface area contributed by atoms with Crippen molar-refractivity contribution in [3.8, 4) is 11.1 Å². The van der Waals surface area contributed by atoms with Crippen LogP contribution in [0.4, 0.5) is 18.0 Å². The lowest BCUT2D eigenvalue weighted by atomic mass is 9.98. The molecule has 1 amide bonds. The third kappa shape index (κ3) is 7.48. The van der Waals surface area contributed by atoms with Crippen LogP contribution in [-0.2, 0) is 28.8 Å². The van der Waals surface area contributed by atoms with Gasteiger partial charge in [0.2, 0.25) is 0 Å². The second kappa shape index (κ2) is 12.9. The maximum atomic E-state index is 12.7. The monoisotopic (exact) mass is 550 g/mol. The Morgan fingerprint density at radius 2 is 1.56 bits per heavy atom. The molecule has 210 valence electrons. The van der Waals surface area contributed by atoms with Crippen LogP contribution >= 0.6 is 0 Å². The van der Waals surface area contributed by atoms with Crippen LogP contribution in [0.15, 0.2) is 48.5 Å². The summed E-state index contributed by atoms with van der Waals surface area (Å²) in [6.45, 7) is 3.50. The van der Waals surface area contributed by atoms with Crippen LogP contribution in [0, 0.1) is 0 Å². The maximum Gasteiger partial charge on any atom is 0.495 e. The van der Waals surface area contributed by atoms with Crippen LogP contribution < -0.4 is 5.32 Å². The second-order valence-corrected chi connectivity index (χ2v) is 9.24. The number of hydrogen-bond acceptors (Lipinski definition) is 8. The molecular weight excluding hydrogens is 521 g/mol. The summed E-state index contributed by atoms with van der Waals surface area (Å²) in [5, 5.41) is 2.35. The minimum Gasteiger partial charge on any atom is -0.449 e. The number of carbonyl (C=O) groups excluding carboxylic acids is 3. The molecule has 4 rings (SSSR count). The van der Waals surface area contributed by atoms with Crippen molar-refractivity contribution >= 4 is 18.0 Å². The van der Waals surface area contributed by atoms with Gasteiger partial charge >= 0.3 is 24.2 Å². The van der Waals surface area contributed by atoms with Gasteiger partial charge in [0.05, 0.1) is 13.2 Å². The number of ether oxygens (including phenoxy) is 2. The summed E-state index contributed by atoms with van der Waals surface area (Å²) >= 11 is 0. The summed E-state index contributed by atoms with van der Waals surface area (Å²) in [5.41, 5.74) is 4.06. The Hall–Kier alpha value is -3.64. The zero-order valence-corrected chi connectivity index (χ0v) is 21.1. The Balaban J connectivity index is 1.34. The normalized spacial score (nSPS) is 16.1. The summed E-state index contributed by atoms with van der Waals surface area (Å²) in [4.78, 5) is 46.0. The van der Waals surface area contributed by atoms with E-state index in [1.807, 2.05) is 48.5 Å². The molecule has 1 saturated heterocycles. The smallest absolute Gasteiger partial charge is 0.449 e. The molecule has 2 aromatic rings. The van der Waals surface area contributed by atoms with Crippen molar-refractivity contribution in [2.24, 2.45) is 0 Å². The molecule has 1 heterocycles. The molecule has 0 radical (unpaired) electrons. The second-order valence-electron chi connectivity index (χ2n) is 9.24. The molecule has 9 nitrogen and oxygen atoms in total. The van der Waals surface area contributed by atoms with E-state index in [0.717, 1.165) is 41.9 Å². The van der Waals surface area contributed by atoms with Crippen LogP contribution in [0.2, 0.25) is 0 Å². The van der Waals surface area contributed by atoms with Crippen molar-refractivity contribution in [3.05, 3.63) is 59.7 Å². The highest BCUT2D eigenvalue weighted by atomic mass is 19.4. The lowest BCUT2D eigenvalue weighted by Crippen LogP contribution is -2.43. The largest absolute Gasteiger partial charge is 0.495 e. The lowest BCUT2D eigenvalue weighted by Gasteiger charge is -2.26. The van der Waals surface area contributed by atoms with Crippen molar-refractivity contribution < 1.29 is 46.8 Å². The fourth-order valence-electron chi connectivity index (χ4n) is 4.72. The molecule has 12 heteroatoms. The van der Waals surface area contributed by atoms with E-state index in [0.29, 0.717) is 26.1 Å². The molecule has 0 bridgehead atoms. The highest BCUT2D eigenvalue weighted by Gasteiger charge is 2.43. The van der Waals surface area contributed by atoms with E-state index in [-0.39, 0.29) is 18.9 Å². The minimum atomic E-state index is -5.34. The number of alkyl halides is 3. The van der Waals surface area contributed by atoms with Crippen molar-refractivity contribution in [3.63, 3.8) is 0 Å². The number of carbonyl (C=O) groups is 3. The van der Waals surface area contributed by atoms with Gasteiger partial charge in [-0.3, -0.25) is 4.90 Å². The molecule has 1 atom stereocenters. The number of morpholine rings is 1. The van der Waals surface area contributed by atoms with Crippen LogP contribution in [0.1, 0.15) is 36.3 Å². The van der Waals surface area contributed by atoms with Crippen molar-refractivity contribution in [1.29, 1.82) is 0 Å². The van der Waals surface area contributed by atoms with E-state index in [1.54, 1.807) is 0 Å². The third-order valence-electron chi connectivity index (χ3n) is 6.67. The van der Waals surface area contributed by atoms with Gasteiger partial charge < -0.3 is 14.8 Å². The number of benzene rings is 2. The molecule has 1 aliphatic carbocycles. The zero-order valence-electron chi connectivity index (χ0n) is 21.1. The summed E-state index contributed by atoms with van der Waals surface area (Å²) in [7, 11) is 0. The Kier molecular flexibility index (Phi) is 9.41. The van der Waals surface area contributed by atoms with Crippen molar-refractivity contribution in [1.82, 2.24) is 10.2 Å².